The van der Waals surface area contributed by atoms with Gasteiger partial charge < -0.3 is 5.11 Å². The van der Waals surface area contributed by atoms with E-state index in [1.54, 1.807) is 30.3 Å². The first-order chi connectivity index (χ1) is 8.50. The molecule has 4 heteroatoms. The fraction of sp³-hybridized carbons (Fsp3) is 0.143. The van der Waals surface area contributed by atoms with E-state index < -0.39 is 11.7 Å². The van der Waals surface area contributed by atoms with Crippen molar-refractivity contribution in [2.24, 2.45) is 0 Å². The third-order valence-electron chi connectivity index (χ3n) is 2.63. The Hall–Kier alpha value is -1.81. The number of aliphatic hydroxyl groups is 1. The number of hydrogen-bond donors (Lipinski definition) is 1. The molecule has 0 amide bonds. The molecule has 0 heterocycles. The van der Waals surface area contributed by atoms with E-state index in [1.165, 1.54) is 6.07 Å². The van der Waals surface area contributed by atoms with Crippen molar-refractivity contribution >= 4 is 0 Å². The molecule has 2 aromatic carbocycles. The molecule has 0 bridgehead atoms. The van der Waals surface area contributed by atoms with Crippen molar-refractivity contribution in [2.45, 2.75) is 12.8 Å². The lowest BCUT2D eigenvalue weighted by Gasteiger charge is -2.09. The zero-order chi connectivity index (χ0) is 13.2. The Morgan fingerprint density at radius 1 is 0.889 bits per heavy atom. The van der Waals surface area contributed by atoms with Crippen LogP contribution in [0.5, 0.6) is 0 Å². The minimum absolute atomic E-state index is 0.132. The number of halogens is 3. The van der Waals surface area contributed by atoms with Crippen molar-refractivity contribution in [1.82, 2.24) is 0 Å². The van der Waals surface area contributed by atoms with Crippen LogP contribution in [0.25, 0.3) is 11.1 Å². The van der Waals surface area contributed by atoms with Crippen LogP contribution in [0.1, 0.15) is 11.1 Å². The van der Waals surface area contributed by atoms with Crippen molar-refractivity contribution in [1.29, 1.82) is 0 Å². The van der Waals surface area contributed by atoms with Gasteiger partial charge in [-0.2, -0.15) is 13.2 Å². The summed E-state index contributed by atoms with van der Waals surface area (Å²) in [7, 11) is 0. The topological polar surface area (TPSA) is 20.2 Å². The van der Waals surface area contributed by atoms with Gasteiger partial charge in [0.25, 0.3) is 0 Å². The van der Waals surface area contributed by atoms with E-state index in [4.69, 9.17) is 5.11 Å². The SMILES string of the molecule is OCc1cccc(-c2cccc(C(F)(F)F)c2)c1. The monoisotopic (exact) mass is 252 g/mol. The predicted octanol–water partition coefficient (Wildman–Crippen LogP) is 3.86. The standard InChI is InChI=1S/C14H11F3O/c15-14(16,17)13-6-2-5-12(8-13)11-4-1-3-10(7-11)9-18/h1-8,18H,9H2. The molecule has 2 aromatic rings. The highest BCUT2D eigenvalue weighted by atomic mass is 19.4. The van der Waals surface area contributed by atoms with Gasteiger partial charge in [-0.3, -0.25) is 0 Å². The quantitative estimate of drug-likeness (QED) is 0.860. The van der Waals surface area contributed by atoms with Gasteiger partial charge in [-0.05, 0) is 34.9 Å². The van der Waals surface area contributed by atoms with Gasteiger partial charge in [0.05, 0.1) is 12.2 Å². The fourth-order valence-electron chi connectivity index (χ4n) is 1.72. The molecular formula is C14H11F3O. The van der Waals surface area contributed by atoms with Gasteiger partial charge in [-0.15, -0.1) is 0 Å². The zero-order valence-electron chi connectivity index (χ0n) is 9.41. The van der Waals surface area contributed by atoms with Gasteiger partial charge in [0, 0.05) is 0 Å². The predicted molar refractivity (Wildman–Crippen MR) is 62.8 cm³/mol. The fourth-order valence-corrected chi connectivity index (χ4v) is 1.72. The van der Waals surface area contributed by atoms with Crippen molar-refractivity contribution in [3.8, 4) is 11.1 Å². The number of hydrogen-bond acceptors (Lipinski definition) is 1. The maximum atomic E-state index is 12.6. The molecule has 0 unspecified atom stereocenters. The van der Waals surface area contributed by atoms with Crippen molar-refractivity contribution in [3.63, 3.8) is 0 Å². The lowest BCUT2D eigenvalue weighted by Crippen LogP contribution is -2.04. The highest BCUT2D eigenvalue weighted by Crippen LogP contribution is 2.32. The smallest absolute Gasteiger partial charge is 0.392 e. The Balaban J connectivity index is 2.44. The van der Waals surface area contributed by atoms with Crippen molar-refractivity contribution in [2.75, 3.05) is 0 Å². The van der Waals surface area contributed by atoms with E-state index in [0.29, 0.717) is 16.7 Å². The second-order valence-electron chi connectivity index (χ2n) is 3.94. The van der Waals surface area contributed by atoms with Crippen LogP contribution in [0.3, 0.4) is 0 Å². The van der Waals surface area contributed by atoms with Gasteiger partial charge in [0.15, 0.2) is 0 Å². The molecule has 0 saturated heterocycles. The first-order valence-corrected chi connectivity index (χ1v) is 5.38. The number of aliphatic hydroxyl groups excluding tert-OH is 1. The molecule has 0 aromatic heterocycles. The van der Waals surface area contributed by atoms with Crippen LogP contribution >= 0.6 is 0 Å². The second-order valence-corrected chi connectivity index (χ2v) is 3.94. The van der Waals surface area contributed by atoms with E-state index >= 15 is 0 Å². The Morgan fingerprint density at radius 2 is 1.50 bits per heavy atom. The molecule has 1 N–H and O–H groups in total. The maximum absolute atomic E-state index is 12.6. The number of rotatable bonds is 2. The highest BCUT2D eigenvalue weighted by Gasteiger charge is 2.30. The van der Waals surface area contributed by atoms with Crippen LogP contribution in [-0.4, -0.2) is 5.11 Å². The molecule has 0 aliphatic rings. The summed E-state index contributed by atoms with van der Waals surface area (Å²) in [6, 6.07) is 12.0. The third-order valence-corrected chi connectivity index (χ3v) is 2.63. The lowest BCUT2D eigenvalue weighted by molar-refractivity contribution is -0.137. The molecule has 0 saturated carbocycles. The number of alkyl halides is 3. The van der Waals surface area contributed by atoms with E-state index in [-0.39, 0.29) is 6.61 Å². The van der Waals surface area contributed by atoms with Gasteiger partial charge in [-0.25, -0.2) is 0 Å². The van der Waals surface area contributed by atoms with E-state index in [9.17, 15) is 13.2 Å². The van der Waals surface area contributed by atoms with E-state index in [2.05, 4.69) is 0 Å². The molecule has 2 rings (SSSR count). The van der Waals surface area contributed by atoms with Crippen molar-refractivity contribution in [3.05, 3.63) is 59.7 Å². The Morgan fingerprint density at radius 3 is 2.11 bits per heavy atom. The summed E-state index contributed by atoms with van der Waals surface area (Å²) in [6.07, 6.45) is -4.34. The number of benzene rings is 2. The Labute approximate surface area is 103 Å². The molecule has 0 radical (unpaired) electrons. The van der Waals surface area contributed by atoms with Crippen LogP contribution in [0.15, 0.2) is 48.5 Å². The molecule has 0 spiro atoms. The maximum Gasteiger partial charge on any atom is 0.416 e. The summed E-state index contributed by atoms with van der Waals surface area (Å²) < 4.78 is 37.8. The average Bonchev–Trinajstić information content (AvgIpc) is 2.38. The second kappa shape index (κ2) is 4.82. The molecule has 18 heavy (non-hydrogen) atoms. The third kappa shape index (κ3) is 2.71. The van der Waals surface area contributed by atoms with Crippen LogP contribution in [0.2, 0.25) is 0 Å². The summed E-state index contributed by atoms with van der Waals surface area (Å²) in [6.45, 7) is -0.132. The summed E-state index contributed by atoms with van der Waals surface area (Å²) in [5.74, 6) is 0. The van der Waals surface area contributed by atoms with Crippen LogP contribution in [0.4, 0.5) is 13.2 Å². The molecule has 0 fully saturated rings. The minimum Gasteiger partial charge on any atom is -0.392 e. The molecule has 94 valence electrons. The van der Waals surface area contributed by atoms with E-state index in [1.807, 2.05) is 0 Å². The molecular weight excluding hydrogens is 241 g/mol. The average molecular weight is 252 g/mol. The van der Waals surface area contributed by atoms with Gasteiger partial charge >= 0.3 is 6.18 Å². The van der Waals surface area contributed by atoms with Crippen LogP contribution < -0.4 is 0 Å². The minimum atomic E-state index is -4.34. The van der Waals surface area contributed by atoms with Gasteiger partial charge in [0.2, 0.25) is 0 Å². The summed E-state index contributed by atoms with van der Waals surface area (Å²) in [4.78, 5) is 0. The molecule has 0 aliphatic heterocycles. The highest BCUT2D eigenvalue weighted by molar-refractivity contribution is 5.65. The summed E-state index contributed by atoms with van der Waals surface area (Å²) in [5, 5.41) is 9.01. The normalized spacial score (nSPS) is 11.6. The van der Waals surface area contributed by atoms with Gasteiger partial charge in [0.1, 0.15) is 0 Å². The van der Waals surface area contributed by atoms with Gasteiger partial charge in [-0.1, -0.05) is 30.3 Å². The van der Waals surface area contributed by atoms with E-state index in [0.717, 1.165) is 12.1 Å². The first kappa shape index (κ1) is 12.6. The molecule has 0 aliphatic carbocycles. The first-order valence-electron chi connectivity index (χ1n) is 5.38. The van der Waals surface area contributed by atoms with Crippen LogP contribution in [-0.2, 0) is 12.8 Å². The summed E-state index contributed by atoms with van der Waals surface area (Å²) in [5.41, 5.74) is 1.15. The largest absolute Gasteiger partial charge is 0.416 e. The van der Waals surface area contributed by atoms with Crippen LogP contribution in [0, 0.1) is 0 Å². The Kier molecular flexibility index (Phi) is 3.39. The zero-order valence-corrected chi connectivity index (χ0v) is 9.41. The summed E-state index contributed by atoms with van der Waals surface area (Å²) >= 11 is 0. The van der Waals surface area contributed by atoms with Crippen molar-refractivity contribution < 1.29 is 18.3 Å². The molecule has 1 nitrogen and oxygen atoms in total. The molecule has 0 atom stereocenters. The Bertz CT molecular complexity index is 547. The lowest BCUT2D eigenvalue weighted by atomic mass is 10.0.